The van der Waals surface area contributed by atoms with Crippen LogP contribution in [0.1, 0.15) is 26.3 Å². The number of fused-ring (bicyclic) bond motifs is 1. The zero-order valence-corrected chi connectivity index (χ0v) is 17.0. The Balaban J connectivity index is 1.74. The lowest BCUT2D eigenvalue weighted by atomic mass is 10.1. The van der Waals surface area contributed by atoms with Gasteiger partial charge in [-0.1, -0.05) is 18.2 Å². The Hall–Kier alpha value is -4.25. The minimum atomic E-state index is -4.72. The van der Waals surface area contributed by atoms with Crippen molar-refractivity contribution in [3.63, 3.8) is 0 Å². The molecule has 0 fully saturated rings. The average Bonchev–Trinajstić information content (AvgIpc) is 3.18. The molecule has 0 bridgehead atoms. The van der Waals surface area contributed by atoms with E-state index < -0.39 is 40.8 Å². The van der Waals surface area contributed by atoms with Gasteiger partial charge in [0, 0.05) is 17.4 Å². The molecule has 174 valence electrons. The van der Waals surface area contributed by atoms with E-state index in [0.717, 1.165) is 34.9 Å². The quantitative estimate of drug-likeness (QED) is 0.314. The molecule has 2 aromatic heterocycles. The third kappa shape index (κ3) is 4.20. The molecule has 0 spiro atoms. The van der Waals surface area contributed by atoms with Crippen LogP contribution in [0.25, 0.3) is 16.8 Å². The first-order valence-electron chi connectivity index (χ1n) is 9.59. The van der Waals surface area contributed by atoms with Crippen LogP contribution in [0.4, 0.5) is 27.6 Å². The maximum atomic E-state index is 13.8. The number of hydrogen-bond donors (Lipinski definition) is 2. The molecule has 2 aromatic carbocycles. The molecule has 4 aromatic rings. The van der Waals surface area contributed by atoms with Crippen LogP contribution in [0.5, 0.6) is 0 Å². The number of anilines is 1. The van der Waals surface area contributed by atoms with E-state index in [1.165, 1.54) is 36.4 Å². The average molecular weight is 475 g/mol. The highest BCUT2D eigenvalue weighted by Gasteiger charge is 2.36. The summed E-state index contributed by atoms with van der Waals surface area (Å²) >= 11 is 0. The number of hydrogen-bond acceptors (Lipinski definition) is 4. The molecule has 0 radical (unpaired) electrons. The van der Waals surface area contributed by atoms with E-state index in [2.05, 4.69) is 10.2 Å². The first-order chi connectivity index (χ1) is 16.1. The Kier molecular flexibility index (Phi) is 5.80. The summed E-state index contributed by atoms with van der Waals surface area (Å²) in [4.78, 5) is 28.1. The smallest absolute Gasteiger partial charge is 0.370 e. The van der Waals surface area contributed by atoms with Gasteiger partial charge in [-0.15, -0.1) is 0 Å². The van der Waals surface area contributed by atoms with Crippen molar-refractivity contribution < 1.29 is 36.4 Å². The van der Waals surface area contributed by atoms with Crippen molar-refractivity contribution in [3.8, 4) is 11.3 Å². The Morgan fingerprint density at radius 2 is 1.59 bits per heavy atom. The summed E-state index contributed by atoms with van der Waals surface area (Å²) in [6.45, 7) is 0. The Bertz CT molecular complexity index is 1390. The summed E-state index contributed by atoms with van der Waals surface area (Å²) in [6, 6.07) is 11.6. The lowest BCUT2D eigenvalue weighted by molar-refractivity contribution is -0.137. The SMILES string of the molecule is NOC(=O)c1ccc2cc(C(F)(F)F)c(-c3ccc(NC(=O)c4c(F)cccc4F)cc3)n2c1. The van der Waals surface area contributed by atoms with Crippen molar-refractivity contribution in [3.05, 3.63) is 95.2 Å². The minimum absolute atomic E-state index is 0.0728. The second-order valence-electron chi connectivity index (χ2n) is 7.15. The van der Waals surface area contributed by atoms with E-state index in [-0.39, 0.29) is 28.0 Å². The highest BCUT2D eigenvalue weighted by Crippen LogP contribution is 2.39. The molecule has 2 heterocycles. The fourth-order valence-electron chi connectivity index (χ4n) is 3.49. The summed E-state index contributed by atoms with van der Waals surface area (Å²) in [5.41, 5.74) is -1.75. The molecule has 0 unspecified atom stereocenters. The van der Waals surface area contributed by atoms with E-state index in [4.69, 9.17) is 5.90 Å². The zero-order valence-electron chi connectivity index (χ0n) is 17.0. The summed E-state index contributed by atoms with van der Waals surface area (Å²) in [6.07, 6.45) is -3.56. The second-order valence-corrected chi connectivity index (χ2v) is 7.15. The van der Waals surface area contributed by atoms with Crippen molar-refractivity contribution in [1.29, 1.82) is 0 Å². The van der Waals surface area contributed by atoms with Crippen molar-refractivity contribution in [2.24, 2.45) is 5.90 Å². The van der Waals surface area contributed by atoms with Crippen LogP contribution < -0.4 is 11.2 Å². The Morgan fingerprint density at radius 3 is 2.18 bits per heavy atom. The van der Waals surface area contributed by atoms with Gasteiger partial charge in [-0.2, -0.15) is 19.1 Å². The van der Waals surface area contributed by atoms with Crippen LogP contribution >= 0.6 is 0 Å². The highest BCUT2D eigenvalue weighted by atomic mass is 19.4. The first kappa shape index (κ1) is 22.9. The van der Waals surface area contributed by atoms with Gasteiger partial charge in [0.05, 0.1) is 16.8 Å². The van der Waals surface area contributed by atoms with E-state index in [9.17, 15) is 31.5 Å². The van der Waals surface area contributed by atoms with Gasteiger partial charge in [-0.25, -0.2) is 13.6 Å². The van der Waals surface area contributed by atoms with Crippen molar-refractivity contribution in [1.82, 2.24) is 4.40 Å². The number of alkyl halides is 3. The van der Waals surface area contributed by atoms with E-state index in [0.29, 0.717) is 0 Å². The molecule has 6 nitrogen and oxygen atoms in total. The number of rotatable bonds is 4. The number of carbonyl (C=O) groups is 2. The molecule has 0 aliphatic rings. The van der Waals surface area contributed by atoms with Gasteiger partial charge >= 0.3 is 12.1 Å². The zero-order chi connectivity index (χ0) is 24.6. The normalized spacial score (nSPS) is 11.5. The van der Waals surface area contributed by atoms with Crippen LogP contribution in [-0.2, 0) is 11.0 Å². The van der Waals surface area contributed by atoms with Crippen molar-refractivity contribution in [2.45, 2.75) is 6.18 Å². The maximum Gasteiger partial charge on any atom is 0.418 e. The number of nitrogens with two attached hydrogens (primary N) is 1. The van der Waals surface area contributed by atoms with Gasteiger partial charge < -0.3 is 14.6 Å². The number of benzene rings is 2. The number of aromatic nitrogens is 1. The van der Waals surface area contributed by atoms with Crippen LogP contribution in [0, 0.1) is 11.6 Å². The Labute approximate surface area is 188 Å². The summed E-state index contributed by atoms with van der Waals surface area (Å²) in [7, 11) is 0. The standard InChI is InChI=1S/C23H14F5N3O3/c24-17-2-1-3-18(25)19(17)21(32)30-14-7-4-12(5-8-14)20-16(23(26,27)28)10-15-9-6-13(11-31(15)20)22(33)34-29/h1-11H,29H2,(H,30,32). The molecule has 1 amide bonds. The van der Waals surface area contributed by atoms with Crippen LogP contribution in [0.2, 0.25) is 0 Å². The van der Waals surface area contributed by atoms with Crippen LogP contribution in [0.3, 0.4) is 0 Å². The molecule has 11 heteroatoms. The van der Waals surface area contributed by atoms with E-state index in [1.54, 1.807) is 0 Å². The third-order valence-corrected chi connectivity index (χ3v) is 5.02. The molecule has 34 heavy (non-hydrogen) atoms. The summed E-state index contributed by atoms with van der Waals surface area (Å²) in [5, 5.41) is 2.30. The molecular weight excluding hydrogens is 461 g/mol. The second kappa shape index (κ2) is 8.60. The molecule has 4 rings (SSSR count). The molecule has 0 aliphatic heterocycles. The predicted octanol–water partition coefficient (Wildman–Crippen LogP) is 5.19. The number of halogens is 5. The maximum absolute atomic E-state index is 13.8. The third-order valence-electron chi connectivity index (χ3n) is 5.02. The fraction of sp³-hybridized carbons (Fsp3) is 0.0435. The highest BCUT2D eigenvalue weighted by molar-refractivity contribution is 6.04. The number of amides is 1. The van der Waals surface area contributed by atoms with Crippen molar-refractivity contribution in [2.75, 3.05) is 5.32 Å². The number of pyridine rings is 1. The van der Waals surface area contributed by atoms with Gasteiger partial charge in [-0.3, -0.25) is 4.79 Å². The molecule has 0 aliphatic carbocycles. The lowest BCUT2D eigenvalue weighted by Crippen LogP contribution is -2.15. The fourth-order valence-corrected chi connectivity index (χ4v) is 3.49. The number of nitrogens with one attached hydrogen (secondary N) is 1. The topological polar surface area (TPSA) is 85.8 Å². The minimum Gasteiger partial charge on any atom is -0.370 e. The van der Waals surface area contributed by atoms with Gasteiger partial charge in [0.25, 0.3) is 5.91 Å². The predicted molar refractivity (Wildman–Crippen MR) is 112 cm³/mol. The van der Waals surface area contributed by atoms with Gasteiger partial charge in [0.1, 0.15) is 17.2 Å². The van der Waals surface area contributed by atoms with E-state index >= 15 is 0 Å². The number of nitrogens with zero attached hydrogens (tertiary/aromatic N) is 1. The monoisotopic (exact) mass is 475 g/mol. The molecule has 3 N–H and O–H groups in total. The van der Waals surface area contributed by atoms with Gasteiger partial charge in [0.2, 0.25) is 0 Å². The molecule has 0 saturated carbocycles. The van der Waals surface area contributed by atoms with Crippen molar-refractivity contribution >= 4 is 23.1 Å². The molecule has 0 saturated heterocycles. The Morgan fingerprint density at radius 1 is 0.941 bits per heavy atom. The summed E-state index contributed by atoms with van der Waals surface area (Å²) in [5.74, 6) is 0.754. The van der Waals surface area contributed by atoms with Gasteiger partial charge in [-0.05, 0) is 48.0 Å². The van der Waals surface area contributed by atoms with Gasteiger partial charge in [0.15, 0.2) is 0 Å². The van der Waals surface area contributed by atoms with Crippen LogP contribution in [0.15, 0.2) is 66.9 Å². The molecular formula is C23H14F5N3O3. The van der Waals surface area contributed by atoms with E-state index in [1.807, 2.05) is 0 Å². The lowest BCUT2D eigenvalue weighted by Gasteiger charge is -2.12. The largest absolute Gasteiger partial charge is 0.418 e. The first-order valence-corrected chi connectivity index (χ1v) is 9.59. The molecule has 0 atom stereocenters. The van der Waals surface area contributed by atoms with Crippen LogP contribution in [-0.4, -0.2) is 16.3 Å². The number of carbonyl (C=O) groups excluding carboxylic acids is 2. The summed E-state index contributed by atoms with van der Waals surface area (Å²) < 4.78 is 70.1.